The van der Waals surface area contributed by atoms with E-state index in [0.29, 0.717) is 18.3 Å². The molecule has 1 aromatic rings. The van der Waals surface area contributed by atoms with Crippen LogP contribution in [-0.4, -0.2) is 41.0 Å². The Kier molecular flexibility index (Phi) is 8.99. The molecule has 1 aromatic carbocycles. The summed E-state index contributed by atoms with van der Waals surface area (Å²) in [7, 11) is 0. The molecule has 0 saturated heterocycles. The third-order valence-corrected chi connectivity index (χ3v) is 4.20. The molecule has 25 heavy (non-hydrogen) atoms. The average molecular weight is 351 g/mol. The number of ether oxygens (including phenoxy) is 1. The van der Waals surface area contributed by atoms with E-state index in [4.69, 9.17) is 9.84 Å². The molecule has 0 aromatic heterocycles. The number of amides is 1. The monoisotopic (exact) mass is 351 g/mol. The SMILES string of the molecule is CC(C)C(CCCCOC(=O)N[C@@H](C(=O)O)[C@H](C)O)c1ccccc1. The summed E-state index contributed by atoms with van der Waals surface area (Å²) in [5.41, 5.74) is 1.32. The molecule has 1 amide bonds. The number of unbranched alkanes of at least 4 members (excludes halogenated alkanes) is 1. The zero-order chi connectivity index (χ0) is 18.8. The van der Waals surface area contributed by atoms with E-state index < -0.39 is 24.2 Å². The van der Waals surface area contributed by atoms with E-state index in [-0.39, 0.29) is 6.61 Å². The average Bonchev–Trinajstić information content (AvgIpc) is 2.55. The van der Waals surface area contributed by atoms with E-state index >= 15 is 0 Å². The number of nitrogens with one attached hydrogen (secondary N) is 1. The van der Waals surface area contributed by atoms with Crippen LogP contribution in [0.25, 0.3) is 0 Å². The Bertz CT molecular complexity index is 530. The molecule has 0 aliphatic carbocycles. The van der Waals surface area contributed by atoms with Gasteiger partial charge in [0, 0.05) is 0 Å². The standard InChI is InChI=1S/C19H29NO5/c1-13(2)16(15-9-5-4-6-10-15)11-7-8-12-25-19(24)20-17(14(3)21)18(22)23/h4-6,9-10,13-14,16-17,21H,7-8,11-12H2,1-3H3,(H,20,24)(H,22,23)/t14-,16?,17+/m0/s1. The number of carbonyl (C=O) groups excluding carboxylic acids is 1. The largest absolute Gasteiger partial charge is 0.480 e. The maximum absolute atomic E-state index is 11.6. The van der Waals surface area contributed by atoms with Crippen LogP contribution in [0.2, 0.25) is 0 Å². The third-order valence-electron chi connectivity index (χ3n) is 4.20. The van der Waals surface area contributed by atoms with Crippen molar-refractivity contribution in [1.29, 1.82) is 0 Å². The fourth-order valence-corrected chi connectivity index (χ4v) is 2.77. The van der Waals surface area contributed by atoms with Crippen LogP contribution in [0.1, 0.15) is 51.5 Å². The van der Waals surface area contributed by atoms with E-state index in [2.05, 4.69) is 31.3 Å². The van der Waals surface area contributed by atoms with Gasteiger partial charge in [-0.2, -0.15) is 0 Å². The second-order valence-corrected chi connectivity index (χ2v) is 6.59. The highest BCUT2D eigenvalue weighted by molar-refractivity contribution is 5.80. The minimum Gasteiger partial charge on any atom is -0.480 e. The Morgan fingerprint density at radius 2 is 1.76 bits per heavy atom. The van der Waals surface area contributed by atoms with Crippen molar-refractivity contribution in [3.63, 3.8) is 0 Å². The second kappa shape index (κ2) is 10.7. The molecule has 3 N–H and O–H groups in total. The van der Waals surface area contributed by atoms with Gasteiger partial charge in [-0.05, 0) is 43.6 Å². The Morgan fingerprint density at radius 1 is 1.12 bits per heavy atom. The second-order valence-electron chi connectivity index (χ2n) is 6.59. The fraction of sp³-hybridized carbons (Fsp3) is 0.579. The summed E-state index contributed by atoms with van der Waals surface area (Å²) in [5, 5.41) is 20.4. The van der Waals surface area contributed by atoms with E-state index in [9.17, 15) is 14.7 Å². The van der Waals surface area contributed by atoms with E-state index in [1.54, 1.807) is 0 Å². The first-order chi connectivity index (χ1) is 11.8. The minimum absolute atomic E-state index is 0.220. The van der Waals surface area contributed by atoms with Gasteiger partial charge in [-0.1, -0.05) is 44.2 Å². The van der Waals surface area contributed by atoms with Crippen LogP contribution < -0.4 is 5.32 Å². The molecule has 0 heterocycles. The molecule has 0 spiro atoms. The number of hydrogen-bond acceptors (Lipinski definition) is 4. The molecule has 1 rings (SSSR count). The first-order valence-corrected chi connectivity index (χ1v) is 8.72. The summed E-state index contributed by atoms with van der Waals surface area (Å²) in [5.74, 6) is -0.315. The first kappa shape index (κ1) is 21.0. The van der Waals surface area contributed by atoms with Gasteiger partial charge in [-0.25, -0.2) is 9.59 Å². The van der Waals surface area contributed by atoms with Gasteiger partial charge in [0.15, 0.2) is 6.04 Å². The molecule has 0 aliphatic rings. The lowest BCUT2D eigenvalue weighted by atomic mass is 9.84. The van der Waals surface area contributed by atoms with E-state index in [1.165, 1.54) is 12.5 Å². The zero-order valence-corrected chi connectivity index (χ0v) is 15.1. The molecule has 0 fully saturated rings. The molecule has 6 nitrogen and oxygen atoms in total. The number of aliphatic hydroxyl groups is 1. The van der Waals surface area contributed by atoms with Crippen molar-refractivity contribution in [2.75, 3.05) is 6.61 Å². The topological polar surface area (TPSA) is 95.9 Å². The van der Waals surface area contributed by atoms with Crippen molar-refractivity contribution < 1.29 is 24.5 Å². The summed E-state index contributed by atoms with van der Waals surface area (Å²) >= 11 is 0. The highest BCUT2D eigenvalue weighted by atomic mass is 16.5. The van der Waals surface area contributed by atoms with Crippen molar-refractivity contribution in [1.82, 2.24) is 5.32 Å². The highest BCUT2D eigenvalue weighted by Crippen LogP contribution is 2.29. The van der Waals surface area contributed by atoms with Crippen molar-refractivity contribution in [2.24, 2.45) is 5.92 Å². The van der Waals surface area contributed by atoms with Crippen LogP contribution in [0.15, 0.2) is 30.3 Å². The predicted molar refractivity (Wildman–Crippen MR) is 95.5 cm³/mol. The summed E-state index contributed by atoms with van der Waals surface area (Å²) in [6, 6.07) is 8.99. The van der Waals surface area contributed by atoms with Gasteiger partial charge in [-0.15, -0.1) is 0 Å². The molecule has 0 saturated carbocycles. The van der Waals surface area contributed by atoms with Crippen LogP contribution in [-0.2, 0) is 9.53 Å². The lowest BCUT2D eigenvalue weighted by Crippen LogP contribution is -2.47. The predicted octanol–water partition coefficient (Wildman–Crippen LogP) is 3.16. The van der Waals surface area contributed by atoms with Crippen LogP contribution >= 0.6 is 0 Å². The van der Waals surface area contributed by atoms with Gasteiger partial charge in [0.05, 0.1) is 12.7 Å². The molecular weight excluding hydrogens is 322 g/mol. The number of rotatable bonds is 10. The summed E-state index contributed by atoms with van der Waals surface area (Å²) < 4.78 is 5.00. The normalized spacial score (nSPS) is 14.6. The zero-order valence-electron chi connectivity index (χ0n) is 15.1. The summed E-state index contributed by atoms with van der Waals surface area (Å²) in [6.07, 6.45) is 0.595. The van der Waals surface area contributed by atoms with E-state index in [0.717, 1.165) is 12.8 Å². The number of carboxylic acid groups (broad SMARTS) is 1. The summed E-state index contributed by atoms with van der Waals surface area (Å²) in [6.45, 7) is 5.92. The van der Waals surface area contributed by atoms with Crippen molar-refractivity contribution >= 4 is 12.1 Å². The summed E-state index contributed by atoms with van der Waals surface area (Å²) in [4.78, 5) is 22.5. The van der Waals surface area contributed by atoms with Crippen molar-refractivity contribution in [2.45, 2.75) is 58.1 Å². The Morgan fingerprint density at radius 3 is 2.28 bits per heavy atom. The highest BCUT2D eigenvalue weighted by Gasteiger charge is 2.25. The van der Waals surface area contributed by atoms with Crippen LogP contribution in [0, 0.1) is 5.92 Å². The molecule has 3 atom stereocenters. The van der Waals surface area contributed by atoms with Gasteiger partial charge in [-0.3, -0.25) is 0 Å². The van der Waals surface area contributed by atoms with Gasteiger partial charge < -0.3 is 20.3 Å². The molecule has 140 valence electrons. The molecular formula is C19H29NO5. The quantitative estimate of drug-likeness (QED) is 0.563. The van der Waals surface area contributed by atoms with Gasteiger partial charge in [0.25, 0.3) is 0 Å². The van der Waals surface area contributed by atoms with Crippen LogP contribution in [0.5, 0.6) is 0 Å². The Labute approximate surface area is 149 Å². The molecule has 0 aliphatic heterocycles. The smallest absolute Gasteiger partial charge is 0.407 e. The maximum Gasteiger partial charge on any atom is 0.407 e. The molecule has 0 bridgehead atoms. The molecule has 6 heteroatoms. The Hall–Kier alpha value is -2.08. The van der Waals surface area contributed by atoms with Gasteiger partial charge in [0.1, 0.15) is 0 Å². The maximum atomic E-state index is 11.6. The lowest BCUT2D eigenvalue weighted by molar-refractivity contribution is -0.142. The number of carbonyl (C=O) groups is 2. The van der Waals surface area contributed by atoms with Crippen LogP contribution in [0.4, 0.5) is 4.79 Å². The third kappa shape index (κ3) is 7.56. The number of hydrogen-bond donors (Lipinski definition) is 3. The first-order valence-electron chi connectivity index (χ1n) is 8.72. The number of alkyl carbamates (subject to hydrolysis) is 1. The number of aliphatic hydroxyl groups excluding tert-OH is 1. The lowest BCUT2D eigenvalue weighted by Gasteiger charge is -2.21. The van der Waals surface area contributed by atoms with Crippen molar-refractivity contribution in [3.05, 3.63) is 35.9 Å². The van der Waals surface area contributed by atoms with Gasteiger partial charge in [0.2, 0.25) is 0 Å². The Balaban J connectivity index is 2.32. The number of benzene rings is 1. The molecule has 1 unspecified atom stereocenters. The van der Waals surface area contributed by atoms with E-state index in [1.807, 2.05) is 18.2 Å². The minimum atomic E-state index is -1.36. The van der Waals surface area contributed by atoms with Crippen LogP contribution in [0.3, 0.4) is 0 Å². The van der Waals surface area contributed by atoms with Gasteiger partial charge >= 0.3 is 12.1 Å². The number of aliphatic carboxylic acids is 1. The fourth-order valence-electron chi connectivity index (χ4n) is 2.77. The molecule has 0 radical (unpaired) electrons. The van der Waals surface area contributed by atoms with Crippen molar-refractivity contribution in [3.8, 4) is 0 Å². The number of carboxylic acids is 1.